The number of aromatic nitrogens is 1. The Bertz CT molecular complexity index is 999. The Kier molecular flexibility index (Phi) is 7.77. The fraction of sp³-hybridized carbons (Fsp3) is 0.500. The molecule has 8 heteroatoms. The molecular weight excluding hydrogens is 437 g/mol. The highest BCUT2D eigenvalue weighted by atomic mass is 19.1. The van der Waals surface area contributed by atoms with Crippen molar-refractivity contribution in [1.29, 1.82) is 0 Å². The number of hydrogen-bond donors (Lipinski definition) is 2. The summed E-state index contributed by atoms with van der Waals surface area (Å²) < 4.78 is 24.8. The number of esters is 1. The zero-order valence-corrected chi connectivity index (χ0v) is 19.4. The van der Waals surface area contributed by atoms with Crippen LogP contribution in [-0.4, -0.2) is 36.2 Å². The van der Waals surface area contributed by atoms with Crippen molar-refractivity contribution in [3.63, 3.8) is 0 Å². The van der Waals surface area contributed by atoms with Crippen LogP contribution in [-0.2, 0) is 19.7 Å². The van der Waals surface area contributed by atoms with Crippen LogP contribution in [0.4, 0.5) is 10.2 Å². The third-order valence-corrected chi connectivity index (χ3v) is 7.04. The molecule has 2 saturated carbocycles. The Morgan fingerprint density at radius 1 is 1.21 bits per heavy atom. The van der Waals surface area contributed by atoms with Crippen molar-refractivity contribution in [2.45, 2.75) is 62.9 Å². The second-order valence-electron chi connectivity index (χ2n) is 9.32. The maximum absolute atomic E-state index is 14.0. The molecule has 1 amide bonds. The summed E-state index contributed by atoms with van der Waals surface area (Å²) in [5.74, 6) is -0.373. The first-order valence-corrected chi connectivity index (χ1v) is 12.0. The smallest absolute Gasteiger partial charge is 0.316 e. The van der Waals surface area contributed by atoms with Gasteiger partial charge in [0.2, 0.25) is 5.91 Å². The van der Waals surface area contributed by atoms with Gasteiger partial charge in [0.05, 0.1) is 12.0 Å². The number of halogens is 1. The van der Waals surface area contributed by atoms with Crippen molar-refractivity contribution in [2.24, 2.45) is 5.92 Å². The van der Waals surface area contributed by atoms with Crippen molar-refractivity contribution in [2.75, 3.05) is 18.4 Å². The van der Waals surface area contributed by atoms with Crippen LogP contribution in [0.15, 0.2) is 53.3 Å². The summed E-state index contributed by atoms with van der Waals surface area (Å²) in [6, 6.07) is 7.98. The largest absolute Gasteiger partial charge is 0.461 e. The Labute approximate surface area is 199 Å². The summed E-state index contributed by atoms with van der Waals surface area (Å²) in [6.45, 7) is 4.83. The number of carbonyl (C=O) groups is 2. The lowest BCUT2D eigenvalue weighted by molar-refractivity contribution is -0.162. The summed E-state index contributed by atoms with van der Waals surface area (Å²) in [4.78, 5) is 25.5. The van der Waals surface area contributed by atoms with Crippen molar-refractivity contribution in [3.05, 3.63) is 60.1 Å². The second-order valence-corrected chi connectivity index (χ2v) is 9.32. The van der Waals surface area contributed by atoms with Gasteiger partial charge in [-0.1, -0.05) is 55.1 Å². The van der Waals surface area contributed by atoms with E-state index >= 15 is 0 Å². The lowest BCUT2D eigenvalue weighted by Crippen LogP contribution is -2.45. The average Bonchev–Trinajstić information content (AvgIpc) is 3.19. The number of amides is 1. The molecule has 2 aliphatic rings. The number of anilines is 1. The molecule has 2 atom stereocenters. The van der Waals surface area contributed by atoms with Crippen LogP contribution in [0.3, 0.4) is 0 Å². The van der Waals surface area contributed by atoms with Crippen molar-refractivity contribution in [1.82, 2.24) is 10.5 Å². The molecule has 4 rings (SSSR count). The molecule has 182 valence electrons. The molecule has 2 fully saturated rings. The SMILES string of the molecule is C=C1CC(OC(=O)C2(c3cccc(F)c3)CCCCCC2)C1CCNCC(=O)Nc1ccon1. The number of nitrogens with one attached hydrogen (secondary N) is 2. The molecular formula is C26H32FN3O4. The Hall–Kier alpha value is -3.00. The molecule has 0 radical (unpaired) electrons. The summed E-state index contributed by atoms with van der Waals surface area (Å²) >= 11 is 0. The van der Waals surface area contributed by atoms with Crippen molar-refractivity contribution < 1.29 is 23.2 Å². The molecule has 0 saturated heterocycles. The van der Waals surface area contributed by atoms with E-state index in [0.717, 1.165) is 31.3 Å². The zero-order valence-electron chi connectivity index (χ0n) is 19.4. The monoisotopic (exact) mass is 469 g/mol. The van der Waals surface area contributed by atoms with Crippen LogP contribution in [0.2, 0.25) is 0 Å². The van der Waals surface area contributed by atoms with Gasteiger partial charge in [-0.2, -0.15) is 0 Å². The quantitative estimate of drug-likeness (QED) is 0.243. The van der Waals surface area contributed by atoms with Crippen molar-refractivity contribution >= 4 is 17.7 Å². The molecule has 34 heavy (non-hydrogen) atoms. The zero-order chi connectivity index (χ0) is 24.0. The van der Waals surface area contributed by atoms with E-state index in [1.54, 1.807) is 12.1 Å². The molecule has 7 nitrogen and oxygen atoms in total. The van der Waals surface area contributed by atoms with Gasteiger partial charge in [-0.05, 0) is 43.5 Å². The minimum Gasteiger partial charge on any atom is -0.461 e. The van der Waals surface area contributed by atoms with Gasteiger partial charge in [-0.3, -0.25) is 9.59 Å². The van der Waals surface area contributed by atoms with Crippen LogP contribution < -0.4 is 10.6 Å². The third kappa shape index (κ3) is 5.55. The van der Waals surface area contributed by atoms with Crippen LogP contribution in [0.25, 0.3) is 0 Å². The van der Waals surface area contributed by atoms with Gasteiger partial charge in [-0.15, -0.1) is 0 Å². The summed E-state index contributed by atoms with van der Waals surface area (Å²) in [6.07, 6.45) is 7.85. The van der Waals surface area contributed by atoms with Gasteiger partial charge < -0.3 is 19.9 Å². The van der Waals surface area contributed by atoms with E-state index in [4.69, 9.17) is 4.74 Å². The Balaban J connectivity index is 1.32. The molecule has 1 aromatic heterocycles. The van der Waals surface area contributed by atoms with E-state index < -0.39 is 5.41 Å². The van der Waals surface area contributed by atoms with Crippen LogP contribution in [0.5, 0.6) is 0 Å². The number of carbonyl (C=O) groups excluding carboxylic acids is 2. The topological polar surface area (TPSA) is 93.5 Å². The normalized spacial score (nSPS) is 21.9. The third-order valence-electron chi connectivity index (χ3n) is 7.04. The van der Waals surface area contributed by atoms with Gasteiger partial charge in [0.15, 0.2) is 5.82 Å². The summed E-state index contributed by atoms with van der Waals surface area (Å²) in [7, 11) is 0. The number of hydrogen-bond acceptors (Lipinski definition) is 6. The molecule has 2 unspecified atom stereocenters. The van der Waals surface area contributed by atoms with Crippen LogP contribution in [0, 0.1) is 11.7 Å². The molecule has 0 bridgehead atoms. The van der Waals surface area contributed by atoms with Crippen LogP contribution >= 0.6 is 0 Å². The fourth-order valence-corrected chi connectivity index (χ4v) is 5.07. The highest BCUT2D eigenvalue weighted by Gasteiger charge is 2.46. The molecule has 2 aromatic rings. The Morgan fingerprint density at radius 3 is 2.68 bits per heavy atom. The number of nitrogens with zero attached hydrogens (tertiary/aromatic N) is 1. The standard InChI is InChI=1S/C26H32FN3O4/c1-18-15-22(21(18)9-13-28-17-24(31)29-23-10-14-33-30-23)34-25(32)26(11-4-2-3-5-12-26)19-7-6-8-20(27)16-19/h6-8,10,14,16,21-22,28H,1-5,9,11-13,15,17H2,(H,29,30,31). The van der Waals surface area contributed by atoms with Gasteiger partial charge in [0, 0.05) is 18.4 Å². The number of ether oxygens (including phenoxy) is 1. The maximum Gasteiger partial charge on any atom is 0.316 e. The van der Waals surface area contributed by atoms with E-state index in [2.05, 4.69) is 26.9 Å². The van der Waals surface area contributed by atoms with Gasteiger partial charge in [0.1, 0.15) is 18.2 Å². The maximum atomic E-state index is 14.0. The molecule has 1 aromatic carbocycles. The number of benzene rings is 1. The van der Waals surface area contributed by atoms with Gasteiger partial charge >= 0.3 is 5.97 Å². The van der Waals surface area contributed by atoms with E-state index in [1.807, 2.05) is 6.07 Å². The molecule has 0 aliphatic heterocycles. The van der Waals surface area contributed by atoms with E-state index in [9.17, 15) is 14.0 Å². The fourth-order valence-electron chi connectivity index (χ4n) is 5.07. The number of rotatable bonds is 9. The van der Waals surface area contributed by atoms with Gasteiger partial charge in [0.25, 0.3) is 0 Å². The van der Waals surface area contributed by atoms with E-state index in [0.29, 0.717) is 43.6 Å². The summed E-state index contributed by atoms with van der Waals surface area (Å²) in [5.41, 5.74) is 0.971. The highest BCUT2D eigenvalue weighted by molar-refractivity contribution is 5.91. The predicted molar refractivity (Wildman–Crippen MR) is 126 cm³/mol. The molecule has 2 aliphatic carbocycles. The highest BCUT2D eigenvalue weighted by Crippen LogP contribution is 2.43. The summed E-state index contributed by atoms with van der Waals surface area (Å²) in [5, 5.41) is 9.38. The average molecular weight is 470 g/mol. The van der Waals surface area contributed by atoms with E-state index in [1.165, 1.54) is 18.4 Å². The van der Waals surface area contributed by atoms with Gasteiger partial charge in [-0.25, -0.2) is 4.39 Å². The minimum absolute atomic E-state index is 0.0467. The molecule has 0 spiro atoms. The van der Waals surface area contributed by atoms with E-state index in [-0.39, 0.29) is 36.3 Å². The molecule has 2 N–H and O–H groups in total. The first-order chi connectivity index (χ1) is 16.5. The van der Waals surface area contributed by atoms with Crippen LogP contribution in [0.1, 0.15) is 56.9 Å². The lowest BCUT2D eigenvalue weighted by atomic mass is 9.72. The first kappa shape index (κ1) is 24.1. The minimum atomic E-state index is -0.794. The predicted octanol–water partition coefficient (Wildman–Crippen LogP) is 4.51. The first-order valence-electron chi connectivity index (χ1n) is 12.0. The lowest BCUT2D eigenvalue weighted by Gasteiger charge is -2.41. The second kappa shape index (κ2) is 11.0. The Morgan fingerprint density at radius 2 is 2.00 bits per heavy atom. The molecule has 1 heterocycles. The van der Waals surface area contributed by atoms with Crippen molar-refractivity contribution in [3.8, 4) is 0 Å².